The van der Waals surface area contributed by atoms with Crippen LogP contribution in [-0.2, 0) is 12.8 Å². The Morgan fingerprint density at radius 1 is 1.09 bits per heavy atom. The number of aliphatic imine (C=N–C) groups is 2. The first-order valence-corrected chi connectivity index (χ1v) is 8.37. The zero-order chi connectivity index (χ0) is 16.0. The molecule has 4 rings (SSSR count). The van der Waals surface area contributed by atoms with Crippen LogP contribution in [0.15, 0.2) is 28.2 Å². The van der Waals surface area contributed by atoms with Gasteiger partial charge in [0.2, 0.25) is 11.9 Å². The van der Waals surface area contributed by atoms with Gasteiger partial charge in [0.15, 0.2) is 0 Å². The molecule has 6 heteroatoms. The van der Waals surface area contributed by atoms with Crippen LogP contribution in [0.4, 0.5) is 5.69 Å². The largest absolute Gasteiger partial charge is 0.392 e. The molecule has 1 fully saturated rings. The predicted octanol–water partition coefficient (Wildman–Crippen LogP) is 1.26. The molecule has 1 aliphatic heterocycles. The molecular formula is C17H23N5O. The lowest BCUT2D eigenvalue weighted by atomic mass is 9.87. The van der Waals surface area contributed by atoms with Gasteiger partial charge in [-0.25, -0.2) is 4.99 Å². The monoisotopic (exact) mass is 313 g/mol. The Labute approximate surface area is 135 Å². The third kappa shape index (κ3) is 2.37. The van der Waals surface area contributed by atoms with E-state index < -0.39 is 5.66 Å². The van der Waals surface area contributed by atoms with E-state index in [1.54, 1.807) is 0 Å². The molecule has 0 saturated heterocycles. The lowest BCUT2D eigenvalue weighted by Crippen LogP contribution is -2.58. The van der Waals surface area contributed by atoms with Gasteiger partial charge < -0.3 is 16.6 Å². The van der Waals surface area contributed by atoms with Gasteiger partial charge in [-0.2, -0.15) is 4.99 Å². The Hall–Kier alpha value is -2.08. The van der Waals surface area contributed by atoms with Crippen LogP contribution in [0, 0.1) is 0 Å². The Bertz CT molecular complexity index is 690. The summed E-state index contributed by atoms with van der Waals surface area (Å²) in [7, 11) is 0. The Morgan fingerprint density at radius 3 is 2.61 bits per heavy atom. The van der Waals surface area contributed by atoms with Crippen LogP contribution in [0.3, 0.4) is 0 Å². The number of nitrogens with zero attached hydrogens (tertiary/aromatic N) is 3. The van der Waals surface area contributed by atoms with Crippen molar-refractivity contribution in [1.29, 1.82) is 0 Å². The van der Waals surface area contributed by atoms with E-state index in [9.17, 15) is 5.11 Å². The molecule has 23 heavy (non-hydrogen) atoms. The molecule has 0 bridgehead atoms. The van der Waals surface area contributed by atoms with Crippen molar-refractivity contribution in [3.8, 4) is 0 Å². The molecule has 5 N–H and O–H groups in total. The van der Waals surface area contributed by atoms with E-state index in [1.807, 2.05) is 4.90 Å². The summed E-state index contributed by atoms with van der Waals surface area (Å²) >= 11 is 0. The van der Waals surface area contributed by atoms with Crippen molar-refractivity contribution >= 4 is 17.6 Å². The number of aliphatic hydroxyl groups excluding tert-OH is 1. The lowest BCUT2D eigenvalue weighted by molar-refractivity contribution is 0.187. The van der Waals surface area contributed by atoms with Gasteiger partial charge in [0.05, 0.1) is 6.10 Å². The Balaban J connectivity index is 1.77. The average Bonchev–Trinajstić information content (AvgIpc) is 2.86. The topological polar surface area (TPSA) is 100 Å². The predicted molar refractivity (Wildman–Crippen MR) is 91.4 cm³/mol. The zero-order valence-corrected chi connectivity index (χ0v) is 13.2. The van der Waals surface area contributed by atoms with Gasteiger partial charge in [-0.05, 0) is 61.8 Å². The molecule has 2 aliphatic carbocycles. The number of hydrogen-bond acceptors (Lipinski definition) is 6. The van der Waals surface area contributed by atoms with Gasteiger partial charge in [0, 0.05) is 5.69 Å². The number of benzene rings is 1. The Morgan fingerprint density at radius 2 is 1.83 bits per heavy atom. The van der Waals surface area contributed by atoms with Gasteiger partial charge in [-0.15, -0.1) is 0 Å². The molecule has 1 heterocycles. The number of anilines is 1. The number of guanidine groups is 2. The highest BCUT2D eigenvalue weighted by atomic mass is 16.3. The van der Waals surface area contributed by atoms with Crippen molar-refractivity contribution in [2.24, 2.45) is 21.5 Å². The molecule has 1 unspecified atom stereocenters. The fourth-order valence-corrected chi connectivity index (χ4v) is 4.22. The van der Waals surface area contributed by atoms with Crippen LogP contribution in [0.5, 0.6) is 0 Å². The fraction of sp³-hybridized carbons (Fsp3) is 0.529. The zero-order valence-electron chi connectivity index (χ0n) is 13.2. The quantitative estimate of drug-likeness (QED) is 0.726. The molecule has 122 valence electrons. The first-order chi connectivity index (χ1) is 11.1. The minimum atomic E-state index is -0.403. The van der Waals surface area contributed by atoms with E-state index in [1.165, 1.54) is 17.5 Å². The first kappa shape index (κ1) is 14.5. The Kier molecular flexibility index (Phi) is 3.30. The van der Waals surface area contributed by atoms with Crippen LogP contribution in [0.1, 0.15) is 43.2 Å². The number of rotatable bonds is 1. The standard InChI is InChI=1S/C17H23N5O/c18-15-20-16(19)22(17(21-15)6-2-1-3-7-17)13-5-4-11-9-14(23)10-12(11)8-13/h4-5,8,14,23H,1-3,6-7,9-10H2,(H4,18,19,20,21). The molecular weight excluding hydrogens is 290 g/mol. The van der Waals surface area contributed by atoms with E-state index in [0.29, 0.717) is 12.4 Å². The van der Waals surface area contributed by atoms with E-state index in [4.69, 9.17) is 16.5 Å². The highest BCUT2D eigenvalue weighted by Crippen LogP contribution is 2.40. The summed E-state index contributed by atoms with van der Waals surface area (Å²) in [4.78, 5) is 10.9. The van der Waals surface area contributed by atoms with E-state index in [0.717, 1.165) is 37.8 Å². The molecule has 3 aliphatic rings. The number of fused-ring (bicyclic) bond motifs is 1. The van der Waals surface area contributed by atoms with Crippen molar-refractivity contribution in [2.75, 3.05) is 4.90 Å². The second-order valence-corrected chi connectivity index (χ2v) is 6.83. The SMILES string of the molecule is NC1=NC2(CCCCC2)N(c2ccc3c(c2)CC(O)C3)C(N)=N1. The molecule has 1 spiro atoms. The van der Waals surface area contributed by atoms with Gasteiger partial charge in [-0.1, -0.05) is 12.5 Å². The second-order valence-electron chi connectivity index (χ2n) is 6.83. The summed E-state index contributed by atoms with van der Waals surface area (Å²) in [5, 5.41) is 9.88. The smallest absolute Gasteiger partial charge is 0.220 e. The number of hydrogen-bond donors (Lipinski definition) is 3. The van der Waals surface area contributed by atoms with Crippen molar-refractivity contribution < 1.29 is 5.11 Å². The van der Waals surface area contributed by atoms with Gasteiger partial charge in [0.25, 0.3) is 0 Å². The third-order valence-electron chi connectivity index (χ3n) is 5.21. The molecule has 0 radical (unpaired) electrons. The summed E-state index contributed by atoms with van der Waals surface area (Å²) in [6.07, 6.45) is 6.48. The lowest BCUT2D eigenvalue weighted by Gasteiger charge is -2.45. The van der Waals surface area contributed by atoms with Crippen molar-refractivity contribution in [2.45, 2.75) is 56.7 Å². The summed E-state index contributed by atoms with van der Waals surface area (Å²) in [6, 6.07) is 6.28. The summed E-state index contributed by atoms with van der Waals surface area (Å²) in [5.41, 5.74) is 15.1. The fourth-order valence-electron chi connectivity index (χ4n) is 4.22. The van der Waals surface area contributed by atoms with Crippen molar-refractivity contribution in [3.63, 3.8) is 0 Å². The van der Waals surface area contributed by atoms with Crippen molar-refractivity contribution in [3.05, 3.63) is 29.3 Å². The molecule has 6 nitrogen and oxygen atoms in total. The van der Waals surface area contributed by atoms with Gasteiger partial charge >= 0.3 is 0 Å². The summed E-state index contributed by atoms with van der Waals surface area (Å²) < 4.78 is 0. The summed E-state index contributed by atoms with van der Waals surface area (Å²) in [6.45, 7) is 0. The maximum atomic E-state index is 9.88. The van der Waals surface area contributed by atoms with Gasteiger partial charge in [-0.3, -0.25) is 4.90 Å². The first-order valence-electron chi connectivity index (χ1n) is 8.37. The molecule has 1 atom stereocenters. The van der Waals surface area contributed by atoms with E-state index >= 15 is 0 Å². The van der Waals surface area contributed by atoms with Crippen LogP contribution >= 0.6 is 0 Å². The minimum Gasteiger partial charge on any atom is -0.392 e. The number of aliphatic hydroxyl groups is 1. The van der Waals surface area contributed by atoms with E-state index in [-0.39, 0.29) is 12.1 Å². The molecule has 1 aromatic carbocycles. The van der Waals surface area contributed by atoms with Crippen LogP contribution in [-0.4, -0.2) is 28.8 Å². The maximum Gasteiger partial charge on any atom is 0.220 e. The highest BCUT2D eigenvalue weighted by Gasteiger charge is 2.42. The summed E-state index contributed by atoms with van der Waals surface area (Å²) in [5.74, 6) is 0.690. The molecule has 0 amide bonds. The second kappa shape index (κ2) is 5.23. The van der Waals surface area contributed by atoms with Crippen LogP contribution in [0.25, 0.3) is 0 Å². The third-order valence-corrected chi connectivity index (χ3v) is 5.21. The number of nitrogens with two attached hydrogens (primary N) is 2. The molecule has 1 saturated carbocycles. The van der Waals surface area contributed by atoms with Gasteiger partial charge in [0.1, 0.15) is 5.66 Å². The normalized spacial score (nSPS) is 26.0. The maximum absolute atomic E-state index is 9.88. The van der Waals surface area contributed by atoms with E-state index in [2.05, 4.69) is 23.2 Å². The van der Waals surface area contributed by atoms with Crippen LogP contribution < -0.4 is 16.4 Å². The molecule has 1 aromatic rings. The highest BCUT2D eigenvalue weighted by molar-refractivity contribution is 6.05. The average molecular weight is 313 g/mol. The van der Waals surface area contributed by atoms with Crippen molar-refractivity contribution in [1.82, 2.24) is 0 Å². The minimum absolute atomic E-state index is 0.273. The molecule has 0 aromatic heterocycles. The van der Waals surface area contributed by atoms with Crippen LogP contribution in [0.2, 0.25) is 0 Å².